The van der Waals surface area contributed by atoms with E-state index >= 15 is 0 Å². The molecule has 1 unspecified atom stereocenters. The highest BCUT2D eigenvalue weighted by atomic mass is 16.5. The van der Waals surface area contributed by atoms with Crippen molar-refractivity contribution in [3.05, 3.63) is 65.4 Å². The monoisotopic (exact) mass is 336 g/mol. The van der Waals surface area contributed by atoms with Gasteiger partial charge in [-0.1, -0.05) is 30.3 Å². The number of nitrogens with one attached hydrogen (secondary N) is 1. The van der Waals surface area contributed by atoms with Crippen LogP contribution in [0.1, 0.15) is 27.7 Å². The molecule has 1 atom stereocenters. The van der Waals surface area contributed by atoms with Crippen LogP contribution in [0.2, 0.25) is 0 Å². The molecule has 2 aromatic carbocycles. The molecule has 4 rings (SSSR count). The first kappa shape index (κ1) is 15.7. The molecule has 0 saturated carbocycles. The van der Waals surface area contributed by atoms with Crippen molar-refractivity contribution in [2.24, 2.45) is 0 Å². The summed E-state index contributed by atoms with van der Waals surface area (Å²) >= 11 is 0. The smallest absolute Gasteiger partial charge is 0.270 e. The Hall–Kier alpha value is -2.79. The zero-order valence-electron chi connectivity index (χ0n) is 14.3. The van der Waals surface area contributed by atoms with Crippen LogP contribution in [0.4, 0.5) is 0 Å². The fraction of sp³-hybridized carbons (Fsp3) is 0.250. The lowest BCUT2D eigenvalue weighted by atomic mass is 9.97. The number of aromatic amines is 1. The summed E-state index contributed by atoms with van der Waals surface area (Å²) in [5.74, 6) is 0.789. The summed E-state index contributed by atoms with van der Waals surface area (Å²) < 4.78 is 11.4. The summed E-state index contributed by atoms with van der Waals surface area (Å²) in [4.78, 5) is 17.8. The van der Waals surface area contributed by atoms with E-state index in [9.17, 15) is 4.79 Å². The van der Waals surface area contributed by atoms with Crippen molar-refractivity contribution in [3.8, 4) is 5.75 Å². The molecular weight excluding hydrogens is 316 g/mol. The Labute approximate surface area is 146 Å². The lowest BCUT2D eigenvalue weighted by Crippen LogP contribution is -2.34. The highest BCUT2D eigenvalue weighted by Gasteiger charge is 2.30. The molecule has 5 heteroatoms. The average molecular weight is 336 g/mol. The Morgan fingerprint density at radius 1 is 1.16 bits per heavy atom. The van der Waals surface area contributed by atoms with Crippen molar-refractivity contribution in [2.75, 3.05) is 27.3 Å². The number of nitrogens with zero attached hydrogens (tertiary/aromatic N) is 1. The first-order valence-corrected chi connectivity index (χ1v) is 8.30. The van der Waals surface area contributed by atoms with E-state index in [4.69, 9.17) is 9.47 Å². The van der Waals surface area contributed by atoms with Crippen molar-refractivity contribution in [2.45, 2.75) is 6.10 Å². The van der Waals surface area contributed by atoms with Crippen molar-refractivity contribution >= 4 is 16.8 Å². The molecule has 1 amide bonds. The van der Waals surface area contributed by atoms with Crippen LogP contribution < -0.4 is 4.74 Å². The van der Waals surface area contributed by atoms with E-state index < -0.39 is 0 Å². The van der Waals surface area contributed by atoms with Crippen LogP contribution in [0.25, 0.3) is 10.9 Å². The van der Waals surface area contributed by atoms with E-state index in [0.29, 0.717) is 18.8 Å². The Morgan fingerprint density at radius 3 is 2.68 bits per heavy atom. The normalized spacial score (nSPS) is 17.9. The van der Waals surface area contributed by atoms with Crippen LogP contribution in [-0.4, -0.2) is 43.1 Å². The van der Waals surface area contributed by atoms with Crippen LogP contribution in [0, 0.1) is 0 Å². The van der Waals surface area contributed by atoms with Crippen LogP contribution in [0.3, 0.4) is 0 Å². The Kier molecular flexibility index (Phi) is 3.93. The number of hydrogen-bond acceptors (Lipinski definition) is 3. The van der Waals surface area contributed by atoms with Gasteiger partial charge in [-0.05, 0) is 23.8 Å². The Balaban J connectivity index is 1.91. The first-order chi connectivity index (χ1) is 12.2. The number of H-pyrrole nitrogens is 1. The highest BCUT2D eigenvalue weighted by molar-refractivity contribution is 6.01. The zero-order valence-corrected chi connectivity index (χ0v) is 14.3. The lowest BCUT2D eigenvalue weighted by molar-refractivity contribution is 0.0467. The third kappa shape index (κ3) is 2.66. The molecule has 0 saturated heterocycles. The molecule has 0 fully saturated rings. The SMILES string of the molecule is COc1ccc(C2OCCN(C)C(=O)c3[nH]c4ccccc4c32)cc1. The first-order valence-electron chi connectivity index (χ1n) is 8.30. The number of para-hydroxylation sites is 1. The molecule has 0 bridgehead atoms. The topological polar surface area (TPSA) is 54.6 Å². The van der Waals surface area contributed by atoms with E-state index in [1.165, 1.54) is 0 Å². The van der Waals surface area contributed by atoms with E-state index in [-0.39, 0.29) is 12.0 Å². The van der Waals surface area contributed by atoms with Gasteiger partial charge in [0.1, 0.15) is 17.5 Å². The Bertz CT molecular complexity index is 914. The number of hydrogen-bond donors (Lipinski definition) is 1. The van der Waals surface area contributed by atoms with Gasteiger partial charge in [0, 0.05) is 30.1 Å². The van der Waals surface area contributed by atoms with Gasteiger partial charge < -0.3 is 19.4 Å². The van der Waals surface area contributed by atoms with Crippen molar-refractivity contribution in [1.29, 1.82) is 0 Å². The van der Waals surface area contributed by atoms with Gasteiger partial charge >= 0.3 is 0 Å². The molecule has 1 aliphatic rings. The van der Waals surface area contributed by atoms with Crippen LogP contribution in [0.15, 0.2) is 48.5 Å². The van der Waals surface area contributed by atoms with Crippen molar-refractivity contribution < 1.29 is 14.3 Å². The minimum Gasteiger partial charge on any atom is -0.497 e. The van der Waals surface area contributed by atoms with E-state index in [1.807, 2.05) is 48.5 Å². The highest BCUT2D eigenvalue weighted by Crippen LogP contribution is 2.36. The van der Waals surface area contributed by atoms with Gasteiger partial charge in [0.2, 0.25) is 0 Å². The largest absolute Gasteiger partial charge is 0.497 e. The number of amides is 1. The maximum Gasteiger partial charge on any atom is 0.270 e. The van der Waals surface area contributed by atoms with Gasteiger partial charge in [-0.25, -0.2) is 0 Å². The summed E-state index contributed by atoms with van der Waals surface area (Å²) in [6.07, 6.45) is -0.297. The number of likely N-dealkylation sites (N-methyl/N-ethyl adjacent to an activating group) is 1. The fourth-order valence-corrected chi connectivity index (χ4v) is 3.33. The number of aromatic nitrogens is 1. The zero-order chi connectivity index (χ0) is 17.4. The lowest BCUT2D eigenvalue weighted by Gasteiger charge is -2.26. The second-order valence-corrected chi connectivity index (χ2v) is 6.21. The third-order valence-electron chi connectivity index (χ3n) is 4.70. The molecule has 2 heterocycles. The minimum atomic E-state index is -0.297. The fourth-order valence-electron chi connectivity index (χ4n) is 3.33. The average Bonchev–Trinajstić information content (AvgIpc) is 3.02. The number of carbonyl (C=O) groups excluding carboxylic acids is 1. The Morgan fingerprint density at radius 2 is 1.92 bits per heavy atom. The predicted molar refractivity (Wildman–Crippen MR) is 96.0 cm³/mol. The molecule has 0 radical (unpaired) electrons. The second-order valence-electron chi connectivity index (χ2n) is 6.21. The molecular formula is C20H20N2O3. The molecule has 0 aliphatic carbocycles. The van der Waals surface area contributed by atoms with Gasteiger partial charge in [0.05, 0.1) is 13.7 Å². The van der Waals surface area contributed by atoms with Gasteiger partial charge in [0.25, 0.3) is 5.91 Å². The number of benzene rings is 2. The molecule has 25 heavy (non-hydrogen) atoms. The summed E-state index contributed by atoms with van der Waals surface area (Å²) in [6.45, 7) is 1.04. The second kappa shape index (κ2) is 6.26. The maximum atomic E-state index is 12.9. The quantitative estimate of drug-likeness (QED) is 0.781. The molecule has 1 aliphatic heterocycles. The predicted octanol–water partition coefficient (Wildman–Crippen LogP) is 3.37. The van der Waals surface area contributed by atoms with Crippen molar-refractivity contribution in [1.82, 2.24) is 9.88 Å². The summed E-state index contributed by atoms with van der Waals surface area (Å²) in [5, 5.41) is 1.02. The van der Waals surface area contributed by atoms with Gasteiger partial charge in [-0.15, -0.1) is 0 Å². The van der Waals surface area contributed by atoms with Crippen LogP contribution in [0.5, 0.6) is 5.75 Å². The van der Waals surface area contributed by atoms with Gasteiger partial charge in [-0.2, -0.15) is 0 Å². The summed E-state index contributed by atoms with van der Waals surface area (Å²) in [5.41, 5.74) is 3.45. The minimum absolute atomic E-state index is 0.00647. The number of carbonyl (C=O) groups is 1. The summed E-state index contributed by atoms with van der Waals surface area (Å²) in [6, 6.07) is 15.8. The van der Waals surface area contributed by atoms with Gasteiger partial charge in [-0.3, -0.25) is 4.79 Å². The number of rotatable bonds is 2. The van der Waals surface area contributed by atoms with Crippen LogP contribution >= 0.6 is 0 Å². The number of methoxy groups -OCH3 is 1. The maximum absolute atomic E-state index is 12.9. The van der Waals surface area contributed by atoms with E-state index in [1.54, 1.807) is 19.1 Å². The van der Waals surface area contributed by atoms with E-state index in [2.05, 4.69) is 4.98 Å². The van der Waals surface area contributed by atoms with Gasteiger partial charge in [0.15, 0.2) is 0 Å². The van der Waals surface area contributed by atoms with E-state index in [0.717, 1.165) is 27.8 Å². The third-order valence-corrected chi connectivity index (χ3v) is 4.70. The standard InChI is InChI=1S/C20H20N2O3/c1-22-11-12-25-19(13-7-9-14(24-2)10-8-13)17-15-5-3-4-6-16(15)21-18(17)20(22)23/h3-10,19,21H,11-12H2,1-2H3. The molecule has 5 nitrogen and oxygen atoms in total. The summed E-state index contributed by atoms with van der Waals surface area (Å²) in [7, 11) is 3.45. The van der Waals surface area contributed by atoms with Crippen LogP contribution in [-0.2, 0) is 4.74 Å². The molecule has 1 N–H and O–H groups in total. The number of fused-ring (bicyclic) bond motifs is 3. The number of ether oxygens (including phenoxy) is 2. The molecule has 1 aromatic heterocycles. The molecule has 128 valence electrons. The van der Waals surface area contributed by atoms with Crippen molar-refractivity contribution in [3.63, 3.8) is 0 Å². The molecule has 3 aromatic rings. The molecule has 0 spiro atoms.